The number of benzene rings is 1. The molecule has 0 spiro atoms. The van der Waals surface area contributed by atoms with Crippen LogP contribution >= 0.6 is 0 Å². The summed E-state index contributed by atoms with van der Waals surface area (Å²) >= 11 is 0. The predicted octanol–water partition coefficient (Wildman–Crippen LogP) is 3.56. The second-order valence-electron chi connectivity index (χ2n) is 7.48. The van der Waals surface area contributed by atoms with E-state index < -0.39 is 124 Å². The number of esters is 1. The molecule has 4 atom stereocenters. The largest absolute Gasteiger partial charge is 0.493 e. The van der Waals surface area contributed by atoms with Crippen molar-refractivity contribution < 1.29 is 47.8 Å². The first-order valence-electron chi connectivity index (χ1n) is 19.7. The maximum Gasteiger partial charge on any atom is 0.323 e. The molecule has 0 aromatic heterocycles. The predicted molar refractivity (Wildman–Crippen MR) is 118 cm³/mol. The van der Waals surface area contributed by atoms with Crippen molar-refractivity contribution in [2.45, 2.75) is 64.9 Å². The average Bonchev–Trinajstić information content (AvgIpc) is 2.89. The topological polar surface area (TPSA) is 74.0 Å². The minimum atomic E-state index is -3.96. The van der Waals surface area contributed by atoms with Crippen molar-refractivity contribution in [1.29, 1.82) is 0 Å². The molecule has 6 nitrogen and oxygen atoms in total. The van der Waals surface area contributed by atoms with Gasteiger partial charge in [0.15, 0.2) is 11.5 Å². The Balaban J connectivity index is 2.38. The third-order valence-corrected chi connectivity index (χ3v) is 4.93. The molecule has 0 aliphatic carbocycles. The fourth-order valence-electron chi connectivity index (χ4n) is 3.60. The third-order valence-electron chi connectivity index (χ3n) is 4.93. The Morgan fingerprint density at radius 2 is 2.13 bits per heavy atom. The summed E-state index contributed by atoms with van der Waals surface area (Å²) in [5.74, 6) is -9.81. The minimum absolute atomic E-state index is 0.0345. The van der Waals surface area contributed by atoms with Crippen molar-refractivity contribution >= 4 is 5.97 Å². The highest BCUT2D eigenvalue weighted by Gasteiger charge is 2.41. The molecule has 2 aliphatic heterocycles. The first-order chi connectivity index (χ1) is 22.4. The minimum Gasteiger partial charge on any atom is -0.493 e. The first-order valence-corrected chi connectivity index (χ1v) is 9.24. The summed E-state index contributed by atoms with van der Waals surface area (Å²) in [6, 6.07) is -9.05. The summed E-state index contributed by atoms with van der Waals surface area (Å²) in [5, 5.41) is 0. The molecule has 2 heterocycles. The molecule has 6 heteroatoms. The number of fused-ring (bicyclic) bond motifs is 3. The van der Waals surface area contributed by atoms with Crippen molar-refractivity contribution in [3.05, 3.63) is 23.2 Å². The van der Waals surface area contributed by atoms with Gasteiger partial charge in [-0.2, -0.15) is 0 Å². The van der Waals surface area contributed by atoms with E-state index in [1.54, 1.807) is 13.8 Å². The molecule has 2 aliphatic rings. The van der Waals surface area contributed by atoms with E-state index in [1.165, 1.54) is 0 Å². The van der Waals surface area contributed by atoms with E-state index in [2.05, 4.69) is 0 Å². The van der Waals surface area contributed by atoms with Gasteiger partial charge >= 0.3 is 5.97 Å². The Bertz CT molecular complexity index is 1500. The third kappa shape index (κ3) is 4.75. The molecular formula is C24H38N2O4. The van der Waals surface area contributed by atoms with Gasteiger partial charge in [-0.05, 0) is 47.8 Å². The quantitative estimate of drug-likeness (QED) is 0.655. The number of hydrogen-bond donors (Lipinski definition) is 1. The van der Waals surface area contributed by atoms with E-state index in [4.69, 9.17) is 47.4 Å². The normalized spacial score (nSPS) is 44.1. The van der Waals surface area contributed by atoms with Crippen LogP contribution in [-0.2, 0) is 15.9 Å². The molecule has 2 N–H and O–H groups in total. The van der Waals surface area contributed by atoms with Gasteiger partial charge in [-0.25, -0.2) is 0 Å². The van der Waals surface area contributed by atoms with Crippen LogP contribution in [0.25, 0.3) is 0 Å². The summed E-state index contributed by atoms with van der Waals surface area (Å²) in [6.07, 6.45) is -5.97. The Morgan fingerprint density at radius 3 is 2.80 bits per heavy atom. The highest BCUT2D eigenvalue weighted by atomic mass is 16.5. The maximum absolute atomic E-state index is 13.6. The molecular weight excluding hydrogens is 380 g/mol. The van der Waals surface area contributed by atoms with Crippen LogP contribution in [-0.4, -0.2) is 50.1 Å². The van der Waals surface area contributed by atoms with Crippen LogP contribution in [0.1, 0.15) is 86.3 Å². The monoisotopic (exact) mass is 439 g/mol. The zero-order chi connectivity index (χ0) is 40.1. The van der Waals surface area contributed by atoms with Gasteiger partial charge < -0.3 is 19.9 Å². The summed E-state index contributed by atoms with van der Waals surface area (Å²) in [4.78, 5) is 14.2. The van der Waals surface area contributed by atoms with E-state index >= 15 is 0 Å². The summed E-state index contributed by atoms with van der Waals surface area (Å²) in [5.41, 5.74) is 3.74. The van der Waals surface area contributed by atoms with Gasteiger partial charge in [-0.15, -0.1) is 0 Å². The molecule has 1 fully saturated rings. The van der Waals surface area contributed by atoms with Gasteiger partial charge in [0.2, 0.25) is 0 Å². The lowest BCUT2D eigenvalue weighted by molar-refractivity contribution is -0.160. The van der Waals surface area contributed by atoms with E-state index in [-0.39, 0.29) is 12.3 Å². The number of hydrogen-bond acceptors (Lipinski definition) is 6. The number of carbonyl (C=O) groups excluding carboxylic acids is 1. The van der Waals surface area contributed by atoms with Crippen LogP contribution in [0, 0.1) is 17.7 Å². The molecule has 1 aromatic carbocycles. The fraction of sp³-hybridized carbons (Fsp3) is 0.708. The lowest BCUT2D eigenvalue weighted by Crippen LogP contribution is -2.51. The molecule has 0 amide bonds. The molecule has 3 rings (SSSR count). The van der Waals surface area contributed by atoms with E-state index in [1.807, 2.05) is 0 Å². The number of piperidine rings is 1. The number of rotatable bonds is 7. The molecule has 0 radical (unpaired) electrons. The molecule has 168 valence electrons. The highest BCUT2D eigenvalue weighted by molar-refractivity contribution is 5.76. The van der Waals surface area contributed by atoms with Crippen LogP contribution in [0.2, 0.25) is 0 Å². The Kier molecular flexibility index (Phi) is 2.54. The molecule has 30 heavy (non-hydrogen) atoms. The summed E-state index contributed by atoms with van der Waals surface area (Å²) in [6.45, 7) is -8.25. The van der Waals surface area contributed by atoms with E-state index in [0.717, 1.165) is 0 Å². The SMILES string of the molecule is [2H]c1c(OC([2H])([2H])[2H])c(OC([2H])([2H])[2H])c([2H])c2c1C1([2H])CC(OC(=O)[C@@]([2H])(N)C([2H])(C([2H])([2H])[2H])C([2H])([2H])[2H])C(CC(C)C)CN1C([2H])([2H])C2([2H])[2H]. The van der Waals surface area contributed by atoms with Crippen molar-refractivity contribution in [2.75, 3.05) is 27.1 Å². The standard InChI is InChI=1S/C24H38N2O4/c1-14(2)9-17-13-26-8-7-16-10-21(28-5)22(29-6)11-18(16)19(26)12-20(17)30-24(27)23(25)15(3)4/h10-11,14-15,17,19-20,23H,7-9,12-13,25H2,1-6H3/t17?,19?,20?,23-/m0/s1/i3D3,4D3,5D3,6D3,7D2,8D2,10D,11D,15D,19D,23D. The summed E-state index contributed by atoms with van der Waals surface area (Å²) in [7, 11) is -6.86. The fourth-order valence-corrected chi connectivity index (χ4v) is 3.60. The number of methoxy groups -OCH3 is 2. The molecule has 1 aromatic rings. The van der Waals surface area contributed by atoms with Gasteiger partial charge in [0, 0.05) is 46.5 Å². The average molecular weight is 440 g/mol. The summed E-state index contributed by atoms with van der Waals surface area (Å²) < 4.78 is 186. The number of carbonyl (C=O) groups is 1. The van der Waals surface area contributed by atoms with Gasteiger partial charge in [-0.3, -0.25) is 9.69 Å². The Morgan fingerprint density at radius 1 is 1.40 bits per heavy atom. The molecule has 0 saturated carbocycles. The van der Waals surface area contributed by atoms with Gasteiger partial charge in [0.1, 0.15) is 12.1 Å². The number of ether oxygens (including phenoxy) is 3. The van der Waals surface area contributed by atoms with Crippen molar-refractivity contribution in [1.82, 2.24) is 4.90 Å². The van der Waals surface area contributed by atoms with Crippen LogP contribution in [0.4, 0.5) is 0 Å². The van der Waals surface area contributed by atoms with Crippen molar-refractivity contribution in [3.63, 3.8) is 0 Å². The highest BCUT2D eigenvalue weighted by Crippen LogP contribution is 2.44. The first kappa shape index (κ1) is 7.96. The lowest BCUT2D eigenvalue weighted by atomic mass is 9.79. The van der Waals surface area contributed by atoms with Crippen LogP contribution in [0.15, 0.2) is 12.1 Å². The second kappa shape index (κ2) is 9.56. The zero-order valence-electron chi connectivity index (χ0n) is 37.5. The number of nitrogens with two attached hydrogens (primary N) is 1. The molecule has 3 unspecified atom stereocenters. The van der Waals surface area contributed by atoms with Crippen LogP contribution in [0.3, 0.4) is 0 Å². The van der Waals surface area contributed by atoms with E-state index in [9.17, 15) is 6.17 Å². The van der Waals surface area contributed by atoms with Gasteiger partial charge in [0.05, 0.1) is 27.8 Å². The zero-order valence-corrected chi connectivity index (χ0v) is 16.5. The Labute approximate surface area is 210 Å². The molecule has 0 bridgehead atoms. The second-order valence-corrected chi connectivity index (χ2v) is 7.48. The number of nitrogens with zero attached hydrogens (tertiary/aromatic N) is 1. The Hall–Kier alpha value is -1.79. The van der Waals surface area contributed by atoms with Crippen molar-refractivity contribution in [3.8, 4) is 11.5 Å². The maximum atomic E-state index is 13.6. The lowest BCUT2D eigenvalue weighted by Gasteiger charge is -2.47. The van der Waals surface area contributed by atoms with Crippen molar-refractivity contribution in [2.24, 2.45) is 23.5 Å². The van der Waals surface area contributed by atoms with Crippen LogP contribution in [0.5, 0.6) is 11.5 Å². The van der Waals surface area contributed by atoms with Gasteiger partial charge in [-0.1, -0.05) is 27.6 Å². The van der Waals surface area contributed by atoms with Crippen LogP contribution < -0.4 is 15.2 Å². The van der Waals surface area contributed by atoms with E-state index in [0.29, 0.717) is 4.90 Å². The smallest absolute Gasteiger partial charge is 0.323 e. The molecule has 1 saturated heterocycles. The van der Waals surface area contributed by atoms with Gasteiger partial charge in [0.25, 0.3) is 0 Å².